The largest absolute Gasteiger partial charge is 0.396 e. The Kier molecular flexibility index (Phi) is 5.70. The smallest absolute Gasteiger partial charge is 0.229 e. The first-order chi connectivity index (χ1) is 10.7. The Morgan fingerprint density at radius 1 is 1.43 bits per heavy atom. The second-order valence-electron chi connectivity index (χ2n) is 6.90. The van der Waals surface area contributed by atoms with Crippen molar-refractivity contribution in [2.24, 2.45) is 5.92 Å². The van der Waals surface area contributed by atoms with Crippen LogP contribution >= 0.6 is 0 Å². The van der Waals surface area contributed by atoms with E-state index in [-0.39, 0.29) is 12.0 Å². The maximum atomic E-state index is 11.4. The van der Waals surface area contributed by atoms with Crippen molar-refractivity contribution in [1.82, 2.24) is 4.90 Å². The highest BCUT2D eigenvalue weighted by molar-refractivity contribution is 7.92. The molecular formula is C17H28N2O3S. The summed E-state index contributed by atoms with van der Waals surface area (Å²) in [6.45, 7) is 7.70. The lowest BCUT2D eigenvalue weighted by molar-refractivity contribution is 0.104. The van der Waals surface area contributed by atoms with Gasteiger partial charge >= 0.3 is 0 Å². The summed E-state index contributed by atoms with van der Waals surface area (Å²) in [7, 11) is -3.26. The number of rotatable bonds is 6. The summed E-state index contributed by atoms with van der Waals surface area (Å²) in [4.78, 5) is 2.40. The second kappa shape index (κ2) is 7.20. The lowest BCUT2D eigenvalue weighted by Gasteiger charge is -2.45. The SMILES string of the molecule is C[C@H]1CN(CCCO)CC[C@]1(C)c1cccc(NS(C)(=O)=O)c1. The fourth-order valence-electron chi connectivity index (χ4n) is 3.40. The van der Waals surface area contributed by atoms with E-state index in [0.29, 0.717) is 11.6 Å². The van der Waals surface area contributed by atoms with Crippen LogP contribution in [-0.4, -0.2) is 50.9 Å². The Balaban J connectivity index is 2.16. The molecule has 0 aliphatic carbocycles. The van der Waals surface area contributed by atoms with E-state index in [1.165, 1.54) is 11.8 Å². The van der Waals surface area contributed by atoms with Crippen molar-refractivity contribution >= 4 is 15.7 Å². The molecule has 0 radical (unpaired) electrons. The Morgan fingerprint density at radius 3 is 2.78 bits per heavy atom. The first kappa shape index (κ1) is 18.2. The molecule has 1 aliphatic rings. The van der Waals surface area contributed by atoms with E-state index in [1.54, 1.807) is 6.07 Å². The third-order valence-electron chi connectivity index (χ3n) is 5.02. The molecule has 2 rings (SSSR count). The molecule has 1 aromatic rings. The van der Waals surface area contributed by atoms with Crippen molar-refractivity contribution in [1.29, 1.82) is 0 Å². The molecule has 0 amide bonds. The van der Waals surface area contributed by atoms with Crippen molar-refractivity contribution in [3.8, 4) is 0 Å². The Hall–Kier alpha value is -1.11. The number of anilines is 1. The normalized spacial score (nSPS) is 26.2. The molecular weight excluding hydrogens is 312 g/mol. The van der Waals surface area contributed by atoms with Gasteiger partial charge in [0, 0.05) is 25.4 Å². The second-order valence-corrected chi connectivity index (χ2v) is 8.65. The van der Waals surface area contributed by atoms with E-state index in [2.05, 4.69) is 29.5 Å². The minimum Gasteiger partial charge on any atom is -0.396 e. The summed E-state index contributed by atoms with van der Waals surface area (Å²) in [5.41, 5.74) is 1.84. The zero-order valence-corrected chi connectivity index (χ0v) is 15.1. The van der Waals surface area contributed by atoms with Gasteiger partial charge in [-0.05, 0) is 48.4 Å². The topological polar surface area (TPSA) is 69.6 Å². The van der Waals surface area contributed by atoms with Crippen LogP contribution < -0.4 is 4.72 Å². The van der Waals surface area contributed by atoms with Crippen molar-refractivity contribution in [3.05, 3.63) is 29.8 Å². The monoisotopic (exact) mass is 340 g/mol. The predicted octanol–water partition coefficient (Wildman–Crippen LogP) is 2.04. The molecule has 5 nitrogen and oxygen atoms in total. The number of benzene rings is 1. The summed E-state index contributed by atoms with van der Waals surface area (Å²) in [5.74, 6) is 0.462. The van der Waals surface area contributed by atoms with E-state index in [4.69, 9.17) is 5.11 Å². The van der Waals surface area contributed by atoms with Gasteiger partial charge in [0.25, 0.3) is 0 Å². The Morgan fingerprint density at radius 2 is 2.17 bits per heavy atom. The van der Waals surface area contributed by atoms with Crippen LogP contribution in [0.3, 0.4) is 0 Å². The van der Waals surface area contributed by atoms with Crippen LogP contribution in [0.25, 0.3) is 0 Å². The average Bonchev–Trinajstić information content (AvgIpc) is 2.47. The molecule has 130 valence electrons. The highest BCUT2D eigenvalue weighted by Crippen LogP contribution is 2.40. The van der Waals surface area contributed by atoms with E-state index in [0.717, 1.165) is 32.5 Å². The minimum atomic E-state index is -3.26. The molecule has 1 aliphatic heterocycles. The summed E-state index contributed by atoms with van der Waals surface area (Å²) < 4.78 is 25.4. The fourth-order valence-corrected chi connectivity index (χ4v) is 3.95. The minimum absolute atomic E-state index is 0.0326. The molecule has 1 heterocycles. The Labute approximate surface area is 139 Å². The van der Waals surface area contributed by atoms with Gasteiger partial charge in [-0.3, -0.25) is 4.72 Å². The third-order valence-corrected chi connectivity index (χ3v) is 5.63. The van der Waals surface area contributed by atoms with Gasteiger partial charge in [-0.25, -0.2) is 8.42 Å². The predicted molar refractivity (Wildman–Crippen MR) is 94.2 cm³/mol. The number of nitrogens with one attached hydrogen (secondary N) is 1. The lowest BCUT2D eigenvalue weighted by Crippen LogP contribution is -2.47. The molecule has 0 unspecified atom stereocenters. The van der Waals surface area contributed by atoms with Crippen LogP contribution in [0.5, 0.6) is 0 Å². The van der Waals surface area contributed by atoms with Gasteiger partial charge in [-0.2, -0.15) is 0 Å². The molecule has 0 aromatic heterocycles. The molecule has 0 saturated carbocycles. The van der Waals surface area contributed by atoms with Gasteiger partial charge in [-0.15, -0.1) is 0 Å². The molecule has 0 spiro atoms. The van der Waals surface area contributed by atoms with E-state index in [9.17, 15) is 8.42 Å². The molecule has 2 N–H and O–H groups in total. The van der Waals surface area contributed by atoms with E-state index < -0.39 is 10.0 Å². The van der Waals surface area contributed by atoms with Crippen LogP contribution in [0, 0.1) is 5.92 Å². The van der Waals surface area contributed by atoms with Gasteiger partial charge in [0.15, 0.2) is 0 Å². The van der Waals surface area contributed by atoms with Crippen LogP contribution in [-0.2, 0) is 15.4 Å². The molecule has 23 heavy (non-hydrogen) atoms. The summed E-state index contributed by atoms with van der Waals surface area (Å²) >= 11 is 0. The highest BCUT2D eigenvalue weighted by atomic mass is 32.2. The number of piperidine rings is 1. The molecule has 1 aromatic carbocycles. The van der Waals surface area contributed by atoms with Gasteiger partial charge in [0.05, 0.1) is 6.26 Å². The van der Waals surface area contributed by atoms with Crippen molar-refractivity contribution in [2.75, 3.05) is 37.2 Å². The lowest BCUT2D eigenvalue weighted by atomic mass is 9.68. The molecule has 1 saturated heterocycles. The molecule has 2 atom stereocenters. The zero-order valence-electron chi connectivity index (χ0n) is 14.2. The maximum absolute atomic E-state index is 11.4. The number of hydrogen-bond acceptors (Lipinski definition) is 4. The summed E-state index contributed by atoms with van der Waals surface area (Å²) in [6, 6.07) is 7.75. The first-order valence-electron chi connectivity index (χ1n) is 8.16. The first-order valence-corrected chi connectivity index (χ1v) is 10.1. The number of aliphatic hydroxyl groups excluding tert-OH is 1. The number of nitrogens with zero attached hydrogens (tertiary/aromatic N) is 1. The Bertz CT molecular complexity index is 632. The fraction of sp³-hybridized carbons (Fsp3) is 0.647. The number of likely N-dealkylation sites (tertiary alicyclic amines) is 1. The molecule has 6 heteroatoms. The van der Waals surface area contributed by atoms with Gasteiger partial charge in [0.2, 0.25) is 10.0 Å². The number of hydrogen-bond donors (Lipinski definition) is 2. The molecule has 0 bridgehead atoms. The van der Waals surface area contributed by atoms with Crippen molar-refractivity contribution < 1.29 is 13.5 Å². The quantitative estimate of drug-likeness (QED) is 0.831. The summed E-state index contributed by atoms with van der Waals surface area (Å²) in [6.07, 6.45) is 3.02. The van der Waals surface area contributed by atoms with E-state index in [1.807, 2.05) is 12.1 Å². The van der Waals surface area contributed by atoms with Crippen LogP contribution in [0.2, 0.25) is 0 Å². The van der Waals surface area contributed by atoms with Crippen LogP contribution in [0.4, 0.5) is 5.69 Å². The third kappa shape index (κ3) is 4.68. The van der Waals surface area contributed by atoms with Gasteiger partial charge in [0.1, 0.15) is 0 Å². The van der Waals surface area contributed by atoms with Gasteiger partial charge < -0.3 is 10.0 Å². The average molecular weight is 340 g/mol. The van der Waals surface area contributed by atoms with Crippen LogP contribution in [0.15, 0.2) is 24.3 Å². The van der Waals surface area contributed by atoms with Crippen molar-refractivity contribution in [2.45, 2.75) is 32.1 Å². The molecule has 1 fully saturated rings. The van der Waals surface area contributed by atoms with Gasteiger partial charge in [-0.1, -0.05) is 26.0 Å². The number of sulfonamides is 1. The maximum Gasteiger partial charge on any atom is 0.229 e. The number of aliphatic hydroxyl groups is 1. The zero-order chi connectivity index (χ0) is 17.1. The summed E-state index contributed by atoms with van der Waals surface area (Å²) in [5, 5.41) is 8.98. The van der Waals surface area contributed by atoms with E-state index >= 15 is 0 Å². The van der Waals surface area contributed by atoms with Crippen LogP contribution in [0.1, 0.15) is 32.3 Å². The standard InChI is InChI=1S/C17H28N2O3S/c1-14-13-19(9-5-11-20)10-8-17(14,2)15-6-4-7-16(12-15)18-23(3,21)22/h4,6-7,12,14,18,20H,5,8-11,13H2,1-3H3/t14-,17-/m0/s1. The van der Waals surface area contributed by atoms with Crippen molar-refractivity contribution in [3.63, 3.8) is 0 Å². The highest BCUT2D eigenvalue weighted by Gasteiger charge is 2.37.